The van der Waals surface area contributed by atoms with Gasteiger partial charge < -0.3 is 33.9 Å². The molecular weight excluding hydrogens is 385 g/mol. The number of aromatic amines is 2. The van der Waals surface area contributed by atoms with Crippen LogP contribution in [0.2, 0.25) is 0 Å². The van der Waals surface area contributed by atoms with E-state index in [1.54, 1.807) is 0 Å². The third-order valence-corrected chi connectivity index (χ3v) is 4.34. The maximum absolute atomic E-state index is 3.60. The van der Waals surface area contributed by atoms with Crippen molar-refractivity contribution < 1.29 is 28.5 Å². The SMILES string of the molecule is C[n+]1cc2[nH]c3ccccc3c2c2[nH]c3ccccc3c21.[I-]. The summed E-state index contributed by atoms with van der Waals surface area (Å²) in [5, 5.41) is 3.81. The highest BCUT2D eigenvalue weighted by molar-refractivity contribution is 6.21. The fourth-order valence-corrected chi connectivity index (χ4v) is 3.46. The summed E-state index contributed by atoms with van der Waals surface area (Å²) in [6.45, 7) is 0. The molecule has 2 N–H and O–H groups in total. The summed E-state index contributed by atoms with van der Waals surface area (Å²) in [5.74, 6) is 0. The van der Waals surface area contributed by atoms with Crippen LogP contribution in [-0.4, -0.2) is 9.97 Å². The predicted molar refractivity (Wildman–Crippen MR) is 86.3 cm³/mol. The van der Waals surface area contributed by atoms with Gasteiger partial charge in [-0.15, -0.1) is 0 Å². The number of aromatic nitrogens is 3. The number of hydrogen-bond acceptors (Lipinski definition) is 0. The number of nitrogens with zero attached hydrogens (tertiary/aromatic N) is 1. The minimum absolute atomic E-state index is 0. The molecule has 0 saturated heterocycles. The largest absolute Gasteiger partial charge is 1.00 e. The Labute approximate surface area is 144 Å². The maximum atomic E-state index is 3.60. The molecule has 108 valence electrons. The quantitative estimate of drug-likeness (QED) is 0.285. The van der Waals surface area contributed by atoms with Gasteiger partial charge in [0.1, 0.15) is 18.1 Å². The maximum Gasteiger partial charge on any atom is 0.238 e. The van der Waals surface area contributed by atoms with Crippen LogP contribution in [0, 0.1) is 0 Å². The summed E-state index contributed by atoms with van der Waals surface area (Å²) in [4.78, 5) is 7.11. The van der Waals surface area contributed by atoms with Crippen molar-refractivity contribution in [2.45, 2.75) is 0 Å². The summed E-state index contributed by atoms with van der Waals surface area (Å²) in [6.07, 6.45) is 2.18. The van der Waals surface area contributed by atoms with Crippen LogP contribution in [0.3, 0.4) is 0 Å². The number of fused-ring (bicyclic) bond motifs is 7. The topological polar surface area (TPSA) is 35.5 Å². The van der Waals surface area contributed by atoms with E-state index < -0.39 is 0 Å². The van der Waals surface area contributed by atoms with E-state index in [2.05, 4.69) is 76.3 Å². The molecule has 0 aliphatic heterocycles. The van der Waals surface area contributed by atoms with E-state index in [9.17, 15) is 0 Å². The fourth-order valence-electron chi connectivity index (χ4n) is 3.46. The Balaban J connectivity index is 0.00000125. The zero-order valence-electron chi connectivity index (χ0n) is 12.0. The van der Waals surface area contributed by atoms with E-state index in [0.29, 0.717) is 0 Å². The molecule has 0 unspecified atom stereocenters. The number of pyridine rings is 1. The number of benzene rings is 2. The van der Waals surface area contributed by atoms with Crippen LogP contribution in [0.1, 0.15) is 0 Å². The number of nitrogens with one attached hydrogen (secondary N) is 2. The van der Waals surface area contributed by atoms with Crippen LogP contribution in [0.5, 0.6) is 0 Å². The first-order valence-electron chi connectivity index (χ1n) is 7.12. The van der Waals surface area contributed by atoms with Crippen molar-refractivity contribution in [2.75, 3.05) is 0 Å². The van der Waals surface area contributed by atoms with Gasteiger partial charge in [0.15, 0.2) is 6.20 Å². The average molecular weight is 399 g/mol. The first-order valence-corrected chi connectivity index (χ1v) is 7.12. The van der Waals surface area contributed by atoms with Crippen molar-refractivity contribution in [2.24, 2.45) is 7.05 Å². The second-order valence-corrected chi connectivity index (χ2v) is 5.59. The van der Waals surface area contributed by atoms with Gasteiger partial charge >= 0.3 is 0 Å². The fraction of sp³-hybridized carbons (Fsp3) is 0.0556. The molecule has 0 aliphatic rings. The lowest BCUT2D eigenvalue weighted by Gasteiger charge is -1.94. The molecule has 0 spiro atoms. The molecule has 5 aromatic rings. The number of halogens is 1. The molecule has 0 atom stereocenters. The van der Waals surface area contributed by atoms with Gasteiger partial charge in [-0.05, 0) is 18.2 Å². The van der Waals surface area contributed by atoms with Crippen LogP contribution in [0.4, 0.5) is 0 Å². The molecule has 3 aromatic heterocycles. The molecule has 0 amide bonds. The Hall–Kier alpha value is -2.08. The summed E-state index contributed by atoms with van der Waals surface area (Å²) >= 11 is 0. The van der Waals surface area contributed by atoms with Crippen LogP contribution in [-0.2, 0) is 7.05 Å². The van der Waals surface area contributed by atoms with Gasteiger partial charge in [-0.3, -0.25) is 0 Å². The van der Waals surface area contributed by atoms with Gasteiger partial charge in [-0.25, -0.2) is 0 Å². The minimum Gasteiger partial charge on any atom is -1.00 e. The molecule has 5 rings (SSSR count). The average Bonchev–Trinajstić information content (AvgIpc) is 3.04. The van der Waals surface area contributed by atoms with E-state index in [1.165, 1.54) is 38.2 Å². The smallest absolute Gasteiger partial charge is 0.238 e. The van der Waals surface area contributed by atoms with Crippen LogP contribution in [0.15, 0.2) is 54.7 Å². The third-order valence-electron chi connectivity index (χ3n) is 4.34. The molecule has 4 heteroatoms. The second-order valence-electron chi connectivity index (χ2n) is 5.59. The minimum atomic E-state index is 0. The van der Waals surface area contributed by atoms with Crippen molar-refractivity contribution in [1.29, 1.82) is 0 Å². The van der Waals surface area contributed by atoms with Gasteiger partial charge in [0, 0.05) is 16.3 Å². The molecule has 2 aromatic carbocycles. The van der Waals surface area contributed by atoms with E-state index >= 15 is 0 Å². The number of H-pyrrole nitrogens is 2. The Morgan fingerprint density at radius 3 is 2.18 bits per heavy atom. The molecule has 22 heavy (non-hydrogen) atoms. The lowest BCUT2D eigenvalue weighted by Crippen LogP contribution is -3.00. The van der Waals surface area contributed by atoms with Crippen molar-refractivity contribution in [3.05, 3.63) is 54.7 Å². The summed E-state index contributed by atoms with van der Waals surface area (Å²) < 4.78 is 2.20. The standard InChI is InChI=1S/C18H13N3.HI/c1-21-10-15-16(11-6-2-4-8-13(11)19-15)17-18(21)12-7-3-5-9-14(12)20-17;/h2-10H,1H3,(H,19,20);1H. The van der Waals surface area contributed by atoms with E-state index in [4.69, 9.17) is 0 Å². The van der Waals surface area contributed by atoms with Gasteiger partial charge in [-0.1, -0.05) is 30.3 Å². The normalized spacial score (nSPS) is 11.5. The predicted octanol–water partition coefficient (Wildman–Crippen LogP) is 0.784. The van der Waals surface area contributed by atoms with Gasteiger partial charge in [0.2, 0.25) is 5.52 Å². The van der Waals surface area contributed by atoms with Gasteiger partial charge in [0.25, 0.3) is 0 Å². The molecule has 0 fully saturated rings. The van der Waals surface area contributed by atoms with E-state index in [-0.39, 0.29) is 24.0 Å². The molecule has 0 radical (unpaired) electrons. The zero-order valence-corrected chi connectivity index (χ0v) is 14.2. The van der Waals surface area contributed by atoms with Crippen LogP contribution >= 0.6 is 0 Å². The molecule has 0 aliphatic carbocycles. The monoisotopic (exact) mass is 399 g/mol. The number of aryl methyl sites for hydroxylation is 1. The molecule has 0 saturated carbocycles. The number of rotatable bonds is 0. The highest BCUT2D eigenvalue weighted by Gasteiger charge is 2.19. The Kier molecular flexibility index (Phi) is 2.91. The lowest BCUT2D eigenvalue weighted by molar-refractivity contribution is -0.642. The van der Waals surface area contributed by atoms with Crippen molar-refractivity contribution >= 4 is 43.7 Å². The van der Waals surface area contributed by atoms with E-state index in [0.717, 1.165) is 5.52 Å². The summed E-state index contributed by atoms with van der Waals surface area (Å²) in [6, 6.07) is 16.9. The highest BCUT2D eigenvalue weighted by Crippen LogP contribution is 2.32. The van der Waals surface area contributed by atoms with Crippen molar-refractivity contribution in [1.82, 2.24) is 9.97 Å². The first-order chi connectivity index (χ1) is 10.3. The van der Waals surface area contributed by atoms with Crippen molar-refractivity contribution in [3.8, 4) is 0 Å². The van der Waals surface area contributed by atoms with Gasteiger partial charge in [-0.2, -0.15) is 4.57 Å². The Morgan fingerprint density at radius 1 is 0.773 bits per heavy atom. The number of para-hydroxylation sites is 2. The highest BCUT2D eigenvalue weighted by atomic mass is 127. The Morgan fingerprint density at radius 2 is 1.41 bits per heavy atom. The van der Waals surface area contributed by atoms with E-state index in [1.807, 2.05) is 0 Å². The number of hydrogen-bond donors (Lipinski definition) is 2. The second kappa shape index (κ2) is 4.71. The molecule has 0 bridgehead atoms. The first kappa shape index (κ1) is 13.6. The molecular formula is C18H14IN3. The molecule has 3 nitrogen and oxygen atoms in total. The zero-order chi connectivity index (χ0) is 14.0. The van der Waals surface area contributed by atoms with Gasteiger partial charge in [0.05, 0.1) is 10.9 Å². The van der Waals surface area contributed by atoms with Crippen LogP contribution in [0.25, 0.3) is 43.7 Å². The third kappa shape index (κ3) is 1.64. The van der Waals surface area contributed by atoms with Crippen molar-refractivity contribution in [3.63, 3.8) is 0 Å². The Bertz CT molecular complexity index is 1150. The summed E-state index contributed by atoms with van der Waals surface area (Å²) in [5.41, 5.74) is 5.98. The molecule has 3 heterocycles. The lowest BCUT2D eigenvalue weighted by atomic mass is 10.1. The van der Waals surface area contributed by atoms with Crippen LogP contribution < -0.4 is 28.5 Å². The summed E-state index contributed by atoms with van der Waals surface area (Å²) in [7, 11) is 2.10.